The molecule has 2 saturated heterocycles. The lowest BCUT2D eigenvalue weighted by Crippen LogP contribution is -2.57. The van der Waals surface area contributed by atoms with Gasteiger partial charge in [0, 0.05) is 25.7 Å². The number of benzene rings is 2. The van der Waals surface area contributed by atoms with Crippen molar-refractivity contribution in [2.24, 2.45) is 0 Å². The highest BCUT2D eigenvalue weighted by atomic mass is 19.4. The van der Waals surface area contributed by atoms with Crippen molar-refractivity contribution in [3.05, 3.63) is 70.8 Å². The first-order valence-corrected chi connectivity index (χ1v) is 11.6. The predicted octanol–water partition coefficient (Wildman–Crippen LogP) is 5.47. The van der Waals surface area contributed by atoms with Gasteiger partial charge in [-0.3, -0.25) is 0 Å². The molecule has 0 saturated carbocycles. The van der Waals surface area contributed by atoms with Gasteiger partial charge in [0.25, 0.3) is 0 Å². The molecule has 196 valence electrons. The second-order valence-electron chi connectivity index (χ2n) is 9.24. The maximum atomic E-state index is 13.3. The molecule has 0 bridgehead atoms. The van der Waals surface area contributed by atoms with Gasteiger partial charge in [0.05, 0.1) is 29.4 Å². The maximum Gasteiger partial charge on any atom is 0.416 e. The molecule has 5 nitrogen and oxygen atoms in total. The third-order valence-corrected chi connectivity index (χ3v) is 6.90. The van der Waals surface area contributed by atoms with E-state index in [1.807, 2.05) is 30.3 Å². The standard InChI is InChI=1S/C25H27F6N3O2/c1-16(17-11-19(24(26,27)28)13-20(12-17)25(29,30)31)36-15-23(18-5-3-2-4-6-18)8-7-21(14-33-23)34-10-9-32-22(34)35/h2-6,11-13,16,21,33H,7-10,14-15H2,1H3,(H,32,35)/t16?,21-,23+/m0/s1. The molecule has 0 spiro atoms. The van der Waals surface area contributed by atoms with Crippen LogP contribution in [0.5, 0.6) is 0 Å². The minimum absolute atomic E-state index is 0.0225. The fourth-order valence-corrected chi connectivity index (χ4v) is 4.80. The number of amides is 2. The number of nitrogens with zero attached hydrogens (tertiary/aromatic N) is 1. The average Bonchev–Trinajstić information content (AvgIpc) is 3.27. The molecular weight excluding hydrogens is 488 g/mol. The van der Waals surface area contributed by atoms with E-state index in [4.69, 9.17) is 4.74 Å². The van der Waals surface area contributed by atoms with E-state index in [-0.39, 0.29) is 30.3 Å². The fourth-order valence-electron chi connectivity index (χ4n) is 4.80. The summed E-state index contributed by atoms with van der Waals surface area (Å²) >= 11 is 0. The molecule has 2 heterocycles. The normalized spacial score (nSPS) is 24.0. The molecule has 2 fully saturated rings. The number of halogens is 6. The van der Waals surface area contributed by atoms with Crippen molar-refractivity contribution >= 4 is 6.03 Å². The minimum Gasteiger partial charge on any atom is -0.372 e. The number of alkyl halides is 6. The molecule has 2 aliphatic heterocycles. The number of nitrogens with one attached hydrogen (secondary N) is 2. The van der Waals surface area contributed by atoms with E-state index < -0.39 is 35.1 Å². The first kappa shape index (κ1) is 26.3. The van der Waals surface area contributed by atoms with Crippen LogP contribution in [0, 0.1) is 0 Å². The van der Waals surface area contributed by atoms with E-state index in [9.17, 15) is 31.1 Å². The first-order chi connectivity index (χ1) is 16.9. The van der Waals surface area contributed by atoms with E-state index in [1.165, 1.54) is 6.92 Å². The van der Waals surface area contributed by atoms with Crippen molar-refractivity contribution < 1.29 is 35.9 Å². The van der Waals surface area contributed by atoms with Crippen LogP contribution in [0.25, 0.3) is 0 Å². The van der Waals surface area contributed by atoms with Crippen LogP contribution >= 0.6 is 0 Å². The lowest BCUT2D eigenvalue weighted by atomic mass is 9.81. The Bertz CT molecular complexity index is 1030. The number of piperidine rings is 1. The van der Waals surface area contributed by atoms with Gasteiger partial charge in [0.15, 0.2) is 0 Å². The molecule has 0 aromatic heterocycles. The van der Waals surface area contributed by atoms with Gasteiger partial charge in [-0.15, -0.1) is 0 Å². The molecule has 2 aromatic rings. The summed E-state index contributed by atoms with van der Waals surface area (Å²) in [6, 6.07) is 10.7. The Kier molecular flexibility index (Phi) is 7.25. The third-order valence-electron chi connectivity index (χ3n) is 6.90. The first-order valence-electron chi connectivity index (χ1n) is 11.6. The zero-order chi connectivity index (χ0) is 26.1. The zero-order valence-electron chi connectivity index (χ0n) is 19.5. The van der Waals surface area contributed by atoms with E-state index in [2.05, 4.69) is 10.6 Å². The monoisotopic (exact) mass is 515 g/mol. The lowest BCUT2D eigenvalue weighted by Gasteiger charge is -2.44. The third kappa shape index (κ3) is 5.62. The second-order valence-corrected chi connectivity index (χ2v) is 9.24. The van der Waals surface area contributed by atoms with Crippen LogP contribution in [-0.2, 0) is 22.6 Å². The summed E-state index contributed by atoms with van der Waals surface area (Å²) in [6.45, 7) is 3.12. The molecule has 11 heteroatoms. The lowest BCUT2D eigenvalue weighted by molar-refractivity contribution is -0.143. The van der Waals surface area contributed by atoms with E-state index in [0.717, 1.165) is 5.56 Å². The molecule has 0 aliphatic carbocycles. The molecule has 2 N–H and O–H groups in total. The summed E-state index contributed by atoms with van der Waals surface area (Å²) in [5, 5.41) is 6.25. The summed E-state index contributed by atoms with van der Waals surface area (Å²) in [5.41, 5.74) is -2.77. The summed E-state index contributed by atoms with van der Waals surface area (Å²) < 4.78 is 85.8. The Morgan fingerprint density at radius 2 is 1.69 bits per heavy atom. The van der Waals surface area contributed by atoms with E-state index in [1.54, 1.807) is 4.90 Å². The van der Waals surface area contributed by atoms with Crippen molar-refractivity contribution in [1.82, 2.24) is 15.5 Å². The van der Waals surface area contributed by atoms with Gasteiger partial charge in [0.1, 0.15) is 0 Å². The zero-order valence-corrected chi connectivity index (χ0v) is 19.5. The SMILES string of the molecule is CC(OC[C@@]1(c2ccccc2)CC[C@H](N2CCNC2=O)CN1)c1cc(C(F)(F)F)cc(C(F)(F)F)c1. The highest BCUT2D eigenvalue weighted by Crippen LogP contribution is 2.39. The Morgan fingerprint density at radius 1 is 1.06 bits per heavy atom. The Morgan fingerprint density at radius 3 is 2.19 bits per heavy atom. The molecule has 2 amide bonds. The van der Waals surface area contributed by atoms with Gasteiger partial charge in [0.2, 0.25) is 0 Å². The molecule has 36 heavy (non-hydrogen) atoms. The van der Waals surface area contributed by atoms with Crippen molar-refractivity contribution in [3.63, 3.8) is 0 Å². The molecule has 2 aliphatic rings. The topological polar surface area (TPSA) is 53.6 Å². The number of ether oxygens (including phenoxy) is 1. The van der Waals surface area contributed by atoms with E-state index in [0.29, 0.717) is 44.6 Å². The predicted molar refractivity (Wildman–Crippen MR) is 120 cm³/mol. The number of rotatable bonds is 6. The number of hydrogen-bond acceptors (Lipinski definition) is 3. The van der Waals surface area contributed by atoms with Crippen LogP contribution in [0.2, 0.25) is 0 Å². The van der Waals surface area contributed by atoms with Crippen LogP contribution in [-0.4, -0.2) is 43.2 Å². The number of carbonyl (C=O) groups is 1. The van der Waals surface area contributed by atoms with Crippen LogP contribution < -0.4 is 10.6 Å². The molecular formula is C25H27F6N3O2. The largest absolute Gasteiger partial charge is 0.416 e. The van der Waals surface area contributed by atoms with Crippen LogP contribution in [0.4, 0.5) is 31.1 Å². The fraction of sp³-hybridized carbons (Fsp3) is 0.480. The molecule has 3 atom stereocenters. The van der Waals surface area contributed by atoms with Crippen molar-refractivity contribution in [2.75, 3.05) is 26.2 Å². The van der Waals surface area contributed by atoms with Gasteiger partial charge >= 0.3 is 18.4 Å². The van der Waals surface area contributed by atoms with Crippen LogP contribution in [0.15, 0.2) is 48.5 Å². The molecule has 1 unspecified atom stereocenters. The highest BCUT2D eigenvalue weighted by Gasteiger charge is 2.41. The Labute approximate surface area is 204 Å². The minimum atomic E-state index is -4.93. The Balaban J connectivity index is 1.55. The second kappa shape index (κ2) is 9.93. The number of urea groups is 1. The summed E-state index contributed by atoms with van der Waals surface area (Å²) in [7, 11) is 0. The van der Waals surface area contributed by atoms with Gasteiger partial charge in [-0.1, -0.05) is 30.3 Å². The quantitative estimate of drug-likeness (QED) is 0.502. The van der Waals surface area contributed by atoms with Gasteiger partial charge in [-0.2, -0.15) is 26.3 Å². The highest BCUT2D eigenvalue weighted by molar-refractivity contribution is 5.76. The average molecular weight is 515 g/mol. The van der Waals surface area contributed by atoms with Gasteiger partial charge < -0.3 is 20.3 Å². The number of hydrogen-bond donors (Lipinski definition) is 2. The summed E-state index contributed by atoms with van der Waals surface area (Å²) in [5.74, 6) is 0. The smallest absolute Gasteiger partial charge is 0.372 e. The summed E-state index contributed by atoms with van der Waals surface area (Å²) in [6.07, 6.45) is -9.66. The molecule has 0 radical (unpaired) electrons. The van der Waals surface area contributed by atoms with E-state index >= 15 is 0 Å². The molecule has 2 aromatic carbocycles. The van der Waals surface area contributed by atoms with Crippen LogP contribution in [0.3, 0.4) is 0 Å². The van der Waals surface area contributed by atoms with Gasteiger partial charge in [-0.05, 0) is 49.1 Å². The molecule has 4 rings (SSSR count). The van der Waals surface area contributed by atoms with Crippen LogP contribution in [0.1, 0.15) is 48.1 Å². The van der Waals surface area contributed by atoms with Crippen molar-refractivity contribution in [1.29, 1.82) is 0 Å². The Hall–Kier alpha value is -2.79. The van der Waals surface area contributed by atoms with Crippen molar-refractivity contribution in [2.45, 2.75) is 49.8 Å². The number of carbonyl (C=O) groups excluding carboxylic acids is 1. The van der Waals surface area contributed by atoms with Crippen molar-refractivity contribution in [3.8, 4) is 0 Å². The maximum absolute atomic E-state index is 13.3. The van der Waals surface area contributed by atoms with Gasteiger partial charge in [-0.25, -0.2) is 4.79 Å². The summed E-state index contributed by atoms with van der Waals surface area (Å²) in [4.78, 5) is 13.8.